The molecule has 7 nitrogen and oxygen atoms in total. The van der Waals surface area contributed by atoms with E-state index in [1.165, 1.54) is 0 Å². The van der Waals surface area contributed by atoms with Crippen LogP contribution < -0.4 is 11.2 Å². The molecule has 26 heavy (non-hydrogen) atoms. The number of hydrogen-bond donors (Lipinski definition) is 3. The fourth-order valence-corrected chi connectivity index (χ4v) is 2.96. The molecule has 4 N–H and O–H groups in total. The first-order valence-electron chi connectivity index (χ1n) is 8.28. The monoisotopic (exact) mass is 345 g/mol. The van der Waals surface area contributed by atoms with E-state index >= 15 is 0 Å². The average Bonchev–Trinajstić information content (AvgIpc) is 3.22. The van der Waals surface area contributed by atoms with E-state index in [1.54, 1.807) is 6.21 Å². The summed E-state index contributed by atoms with van der Waals surface area (Å²) in [5.74, 6) is 0.256. The molecule has 4 aromatic rings. The van der Waals surface area contributed by atoms with Gasteiger partial charge in [-0.1, -0.05) is 36.4 Å². The fourth-order valence-electron chi connectivity index (χ4n) is 2.96. The van der Waals surface area contributed by atoms with Crippen LogP contribution >= 0.6 is 0 Å². The molecule has 0 aliphatic heterocycles. The lowest BCUT2D eigenvalue weighted by atomic mass is 10.2. The van der Waals surface area contributed by atoms with E-state index in [9.17, 15) is 0 Å². The minimum absolute atomic E-state index is 0.256. The van der Waals surface area contributed by atoms with E-state index in [0.29, 0.717) is 6.54 Å². The first kappa shape index (κ1) is 15.9. The van der Waals surface area contributed by atoms with Gasteiger partial charge in [0.25, 0.3) is 0 Å². The molecule has 7 heteroatoms. The molecule has 0 saturated carbocycles. The molecule has 130 valence electrons. The maximum absolute atomic E-state index is 5.91. The van der Waals surface area contributed by atoms with Crippen LogP contribution in [-0.2, 0) is 13.6 Å². The SMILES string of the molecule is Cn1nc(C=NNC(N)=NCc2c[nH]c3ccccc23)c2ccccc21. The number of hydrazone groups is 1. The summed E-state index contributed by atoms with van der Waals surface area (Å²) >= 11 is 0. The van der Waals surface area contributed by atoms with Crippen molar-refractivity contribution in [2.45, 2.75) is 6.54 Å². The Balaban J connectivity index is 1.45. The van der Waals surface area contributed by atoms with Crippen LogP contribution in [-0.4, -0.2) is 26.9 Å². The second kappa shape index (κ2) is 6.72. The number of para-hydroxylation sites is 2. The number of aliphatic imine (C=N–C) groups is 1. The highest BCUT2D eigenvalue weighted by molar-refractivity contribution is 5.97. The summed E-state index contributed by atoms with van der Waals surface area (Å²) in [7, 11) is 1.91. The van der Waals surface area contributed by atoms with Gasteiger partial charge in [0.1, 0.15) is 5.69 Å². The smallest absolute Gasteiger partial charge is 0.209 e. The third-order valence-corrected chi connectivity index (χ3v) is 4.25. The summed E-state index contributed by atoms with van der Waals surface area (Å²) in [6.07, 6.45) is 3.60. The number of guanidine groups is 1. The van der Waals surface area contributed by atoms with Crippen LogP contribution in [0.5, 0.6) is 0 Å². The van der Waals surface area contributed by atoms with E-state index in [2.05, 4.69) is 31.7 Å². The maximum atomic E-state index is 5.91. The number of nitrogens with one attached hydrogen (secondary N) is 2. The Hall–Kier alpha value is -3.61. The quantitative estimate of drug-likeness (QED) is 0.301. The Labute approximate surface area is 150 Å². The molecule has 4 rings (SSSR count). The largest absolute Gasteiger partial charge is 0.369 e. The molecule has 0 atom stereocenters. The summed E-state index contributed by atoms with van der Waals surface area (Å²) in [5, 5.41) is 10.8. The number of aromatic amines is 1. The first-order chi connectivity index (χ1) is 12.7. The predicted octanol–water partition coefficient (Wildman–Crippen LogP) is 2.49. The molecular weight excluding hydrogens is 326 g/mol. The lowest BCUT2D eigenvalue weighted by Crippen LogP contribution is -2.27. The van der Waals surface area contributed by atoms with Crippen molar-refractivity contribution in [1.82, 2.24) is 20.2 Å². The molecule has 0 saturated heterocycles. The van der Waals surface area contributed by atoms with Gasteiger partial charge >= 0.3 is 0 Å². The number of rotatable bonds is 4. The van der Waals surface area contributed by atoms with E-state index in [-0.39, 0.29) is 5.96 Å². The molecular formula is C19H19N7. The topological polar surface area (TPSA) is 96.4 Å². The van der Waals surface area contributed by atoms with Crippen LogP contribution in [0.15, 0.2) is 64.8 Å². The van der Waals surface area contributed by atoms with Gasteiger partial charge in [0.05, 0.1) is 18.3 Å². The predicted molar refractivity (Wildman–Crippen MR) is 105 cm³/mol. The molecule has 0 radical (unpaired) electrons. The van der Waals surface area contributed by atoms with Gasteiger partial charge in [-0.25, -0.2) is 10.4 Å². The van der Waals surface area contributed by atoms with Crippen molar-refractivity contribution in [2.75, 3.05) is 0 Å². The minimum atomic E-state index is 0.256. The molecule has 2 heterocycles. The summed E-state index contributed by atoms with van der Waals surface area (Å²) in [6.45, 7) is 0.477. The Morgan fingerprint density at radius 3 is 2.85 bits per heavy atom. The van der Waals surface area contributed by atoms with Crippen molar-refractivity contribution in [1.29, 1.82) is 0 Å². The van der Waals surface area contributed by atoms with Crippen LogP contribution in [0.1, 0.15) is 11.3 Å². The molecule has 0 bridgehead atoms. The summed E-state index contributed by atoms with van der Waals surface area (Å²) < 4.78 is 1.82. The van der Waals surface area contributed by atoms with E-state index in [0.717, 1.165) is 33.1 Å². The van der Waals surface area contributed by atoms with Gasteiger partial charge in [0.2, 0.25) is 5.96 Å². The van der Waals surface area contributed by atoms with Crippen molar-refractivity contribution in [3.05, 3.63) is 66.0 Å². The average molecular weight is 345 g/mol. The number of fused-ring (bicyclic) bond motifs is 2. The first-order valence-corrected chi connectivity index (χ1v) is 8.28. The number of hydrogen-bond acceptors (Lipinski definition) is 3. The zero-order valence-corrected chi connectivity index (χ0v) is 14.3. The summed E-state index contributed by atoms with van der Waals surface area (Å²) in [4.78, 5) is 7.56. The third-order valence-electron chi connectivity index (χ3n) is 4.25. The Kier molecular flexibility index (Phi) is 4.10. The zero-order valence-electron chi connectivity index (χ0n) is 14.3. The van der Waals surface area contributed by atoms with E-state index < -0.39 is 0 Å². The van der Waals surface area contributed by atoms with Crippen molar-refractivity contribution in [2.24, 2.45) is 22.9 Å². The Morgan fingerprint density at radius 1 is 1.19 bits per heavy atom. The molecule has 0 amide bonds. The maximum Gasteiger partial charge on any atom is 0.209 e. The van der Waals surface area contributed by atoms with Gasteiger partial charge < -0.3 is 10.7 Å². The van der Waals surface area contributed by atoms with Gasteiger partial charge in [0, 0.05) is 29.5 Å². The normalized spacial score (nSPS) is 12.4. The lowest BCUT2D eigenvalue weighted by Gasteiger charge is -1.99. The summed E-state index contributed by atoms with van der Waals surface area (Å²) in [5.41, 5.74) is 12.7. The molecule has 0 spiro atoms. The molecule has 0 aliphatic carbocycles. The lowest BCUT2D eigenvalue weighted by molar-refractivity contribution is 0.793. The van der Waals surface area contributed by atoms with Crippen molar-refractivity contribution in [3.8, 4) is 0 Å². The van der Waals surface area contributed by atoms with E-state index in [1.807, 2.05) is 60.4 Å². The van der Waals surface area contributed by atoms with Crippen LogP contribution in [0.4, 0.5) is 0 Å². The highest BCUT2D eigenvalue weighted by atomic mass is 15.4. The van der Waals surface area contributed by atoms with Gasteiger partial charge in [0.15, 0.2) is 0 Å². The Bertz CT molecular complexity index is 1120. The number of nitrogens with zero attached hydrogens (tertiary/aromatic N) is 4. The molecule has 2 aromatic heterocycles. The second-order valence-corrected chi connectivity index (χ2v) is 5.96. The highest BCUT2D eigenvalue weighted by Crippen LogP contribution is 2.18. The van der Waals surface area contributed by atoms with Crippen molar-refractivity contribution < 1.29 is 0 Å². The van der Waals surface area contributed by atoms with Crippen LogP contribution in [0.3, 0.4) is 0 Å². The highest BCUT2D eigenvalue weighted by Gasteiger charge is 2.05. The third kappa shape index (κ3) is 3.02. The number of nitrogens with two attached hydrogens (primary N) is 1. The molecule has 0 unspecified atom stereocenters. The fraction of sp³-hybridized carbons (Fsp3) is 0.105. The number of H-pyrrole nitrogens is 1. The molecule has 0 aliphatic rings. The molecule has 0 fully saturated rings. The number of aromatic nitrogens is 3. The minimum Gasteiger partial charge on any atom is -0.369 e. The van der Waals surface area contributed by atoms with Crippen molar-refractivity contribution in [3.63, 3.8) is 0 Å². The number of benzene rings is 2. The van der Waals surface area contributed by atoms with E-state index in [4.69, 9.17) is 5.73 Å². The summed E-state index contributed by atoms with van der Waals surface area (Å²) in [6, 6.07) is 16.1. The van der Waals surface area contributed by atoms with Crippen LogP contribution in [0.2, 0.25) is 0 Å². The van der Waals surface area contributed by atoms with Gasteiger partial charge in [-0.05, 0) is 17.7 Å². The van der Waals surface area contributed by atoms with Crippen molar-refractivity contribution >= 4 is 34.0 Å². The second-order valence-electron chi connectivity index (χ2n) is 5.96. The zero-order chi connectivity index (χ0) is 17.9. The van der Waals surface area contributed by atoms with Gasteiger partial charge in [-0.2, -0.15) is 10.2 Å². The number of aryl methyl sites for hydroxylation is 1. The van der Waals surface area contributed by atoms with Gasteiger partial charge in [-0.15, -0.1) is 0 Å². The molecule has 2 aromatic carbocycles. The van der Waals surface area contributed by atoms with Gasteiger partial charge in [-0.3, -0.25) is 4.68 Å². The Morgan fingerprint density at radius 2 is 1.96 bits per heavy atom. The van der Waals surface area contributed by atoms with Crippen LogP contribution in [0.25, 0.3) is 21.8 Å². The van der Waals surface area contributed by atoms with Crippen LogP contribution in [0, 0.1) is 0 Å². The standard InChI is InChI=1S/C19H19N7/c1-26-18-9-5-3-7-15(18)17(25-26)12-23-24-19(20)22-11-13-10-21-16-8-4-2-6-14(13)16/h2-10,12,21H,11H2,1H3,(H3,20,22,24).